The number of carboxylic acids is 1. The fourth-order valence-corrected chi connectivity index (χ4v) is 1.75. The molecule has 0 spiro atoms. The minimum absolute atomic E-state index is 0.210. The van der Waals surface area contributed by atoms with Crippen molar-refractivity contribution in [3.8, 4) is 0 Å². The van der Waals surface area contributed by atoms with Gasteiger partial charge in [0.1, 0.15) is 11.5 Å². The van der Waals surface area contributed by atoms with Gasteiger partial charge in [-0.15, -0.1) is 0 Å². The quantitative estimate of drug-likeness (QED) is 0.806. The highest BCUT2D eigenvalue weighted by molar-refractivity contribution is 5.94. The average molecular weight is 249 g/mol. The third-order valence-electron chi connectivity index (χ3n) is 2.76. The number of nitrogens with zero attached hydrogens (tertiary/aromatic N) is 1. The van der Waals surface area contributed by atoms with E-state index >= 15 is 0 Å². The first kappa shape index (κ1) is 12.4. The average Bonchev–Trinajstić information content (AvgIpc) is 3.07. The van der Waals surface area contributed by atoms with E-state index in [2.05, 4.69) is 0 Å². The summed E-state index contributed by atoms with van der Waals surface area (Å²) in [6.45, 7) is 2.23. The summed E-state index contributed by atoms with van der Waals surface area (Å²) >= 11 is 0. The second-order valence-corrected chi connectivity index (χ2v) is 4.38. The Labute approximate surface area is 105 Å². The largest absolute Gasteiger partial charge is 0.478 e. The molecule has 1 amide bonds. The van der Waals surface area contributed by atoms with Gasteiger partial charge in [0, 0.05) is 18.2 Å². The van der Waals surface area contributed by atoms with Crippen LogP contribution in [0.5, 0.6) is 0 Å². The predicted molar refractivity (Wildman–Crippen MR) is 63.8 cm³/mol. The zero-order chi connectivity index (χ0) is 13.1. The van der Waals surface area contributed by atoms with Gasteiger partial charge in [0.15, 0.2) is 0 Å². The number of aliphatic carboxylic acids is 1. The SMILES string of the molecule is Cc1ccc(CN(C(=O)/C=C/C(=O)O)C2CC2)o1. The van der Waals surface area contributed by atoms with Crippen molar-refractivity contribution in [1.82, 2.24) is 4.90 Å². The third-order valence-corrected chi connectivity index (χ3v) is 2.76. The van der Waals surface area contributed by atoms with Crippen molar-refractivity contribution in [2.45, 2.75) is 32.4 Å². The molecular formula is C13H15NO4. The Morgan fingerprint density at radius 1 is 1.44 bits per heavy atom. The first-order valence-electron chi connectivity index (χ1n) is 5.83. The molecule has 0 aliphatic heterocycles. The topological polar surface area (TPSA) is 70.8 Å². The minimum Gasteiger partial charge on any atom is -0.478 e. The van der Waals surface area contributed by atoms with Crippen LogP contribution in [0.2, 0.25) is 0 Å². The summed E-state index contributed by atoms with van der Waals surface area (Å²) in [5.74, 6) is 0.118. The Kier molecular flexibility index (Phi) is 3.50. The van der Waals surface area contributed by atoms with Crippen LogP contribution in [0.15, 0.2) is 28.7 Å². The first-order valence-corrected chi connectivity index (χ1v) is 5.83. The van der Waals surface area contributed by atoms with Crippen LogP contribution in [0.4, 0.5) is 0 Å². The molecular weight excluding hydrogens is 234 g/mol. The van der Waals surface area contributed by atoms with Crippen LogP contribution in [0.3, 0.4) is 0 Å². The van der Waals surface area contributed by atoms with E-state index < -0.39 is 5.97 Å². The van der Waals surface area contributed by atoms with Crippen LogP contribution in [-0.2, 0) is 16.1 Å². The molecule has 18 heavy (non-hydrogen) atoms. The fourth-order valence-electron chi connectivity index (χ4n) is 1.75. The Morgan fingerprint density at radius 3 is 2.67 bits per heavy atom. The van der Waals surface area contributed by atoms with Gasteiger partial charge in [0.2, 0.25) is 5.91 Å². The zero-order valence-electron chi connectivity index (χ0n) is 10.1. The molecule has 5 heteroatoms. The normalized spacial score (nSPS) is 14.9. The van der Waals surface area contributed by atoms with Crippen molar-refractivity contribution < 1.29 is 19.1 Å². The Balaban J connectivity index is 2.04. The molecule has 1 saturated carbocycles. The Bertz CT molecular complexity index is 485. The summed E-state index contributed by atoms with van der Waals surface area (Å²) in [6, 6.07) is 3.89. The molecule has 5 nitrogen and oxygen atoms in total. The standard InChI is InChI=1S/C13H15NO4/c1-9-2-5-11(18-9)8-14(10-3-4-10)12(15)6-7-13(16)17/h2,5-7,10H,3-4,8H2,1H3,(H,16,17)/b7-6+. The van der Waals surface area contributed by atoms with Crippen molar-refractivity contribution in [2.24, 2.45) is 0 Å². The number of hydrogen-bond donors (Lipinski definition) is 1. The Hall–Kier alpha value is -2.04. The van der Waals surface area contributed by atoms with Crippen LogP contribution in [0, 0.1) is 6.92 Å². The number of rotatable bonds is 5. The van der Waals surface area contributed by atoms with Gasteiger partial charge >= 0.3 is 5.97 Å². The van der Waals surface area contributed by atoms with Crippen molar-refractivity contribution in [3.63, 3.8) is 0 Å². The number of hydrogen-bond acceptors (Lipinski definition) is 3. The Morgan fingerprint density at radius 2 is 2.17 bits per heavy atom. The molecule has 96 valence electrons. The molecule has 1 fully saturated rings. The lowest BCUT2D eigenvalue weighted by Crippen LogP contribution is -2.31. The maximum atomic E-state index is 11.9. The predicted octanol–water partition coefficient (Wildman–Crippen LogP) is 1.72. The number of aryl methyl sites for hydroxylation is 1. The highest BCUT2D eigenvalue weighted by atomic mass is 16.4. The molecule has 1 aliphatic carbocycles. The van der Waals surface area contributed by atoms with Crippen molar-refractivity contribution in [3.05, 3.63) is 35.8 Å². The maximum absolute atomic E-state index is 11.9. The molecule has 1 aliphatic rings. The number of carboxylic acid groups (broad SMARTS) is 1. The van der Waals surface area contributed by atoms with E-state index in [9.17, 15) is 9.59 Å². The molecule has 1 aromatic rings. The van der Waals surface area contributed by atoms with Gasteiger partial charge < -0.3 is 14.4 Å². The smallest absolute Gasteiger partial charge is 0.328 e. The monoisotopic (exact) mass is 249 g/mol. The van der Waals surface area contributed by atoms with Gasteiger partial charge in [0.25, 0.3) is 0 Å². The van der Waals surface area contributed by atoms with E-state index in [1.807, 2.05) is 19.1 Å². The van der Waals surface area contributed by atoms with E-state index in [1.54, 1.807) is 4.90 Å². The van der Waals surface area contributed by atoms with Crippen LogP contribution >= 0.6 is 0 Å². The molecule has 1 N–H and O–H groups in total. The second kappa shape index (κ2) is 5.08. The van der Waals surface area contributed by atoms with Crippen LogP contribution in [0.1, 0.15) is 24.4 Å². The molecule has 2 rings (SSSR count). The van der Waals surface area contributed by atoms with E-state index in [-0.39, 0.29) is 11.9 Å². The molecule has 0 radical (unpaired) electrons. The van der Waals surface area contributed by atoms with Gasteiger partial charge in [-0.1, -0.05) is 0 Å². The molecule has 0 bridgehead atoms. The van der Waals surface area contributed by atoms with Gasteiger partial charge in [-0.3, -0.25) is 4.79 Å². The summed E-state index contributed by atoms with van der Waals surface area (Å²) in [7, 11) is 0. The highest BCUT2D eigenvalue weighted by Crippen LogP contribution is 2.28. The van der Waals surface area contributed by atoms with Crippen LogP contribution in [0.25, 0.3) is 0 Å². The van der Waals surface area contributed by atoms with Gasteiger partial charge in [-0.25, -0.2) is 4.79 Å². The molecule has 1 aromatic heterocycles. The van der Waals surface area contributed by atoms with E-state index in [0.29, 0.717) is 6.54 Å². The molecule has 0 saturated heterocycles. The molecule has 0 unspecified atom stereocenters. The summed E-state index contributed by atoms with van der Waals surface area (Å²) < 4.78 is 5.43. The summed E-state index contributed by atoms with van der Waals surface area (Å²) in [6.07, 6.45) is 3.89. The number of furan rings is 1. The first-order chi connectivity index (χ1) is 8.56. The van der Waals surface area contributed by atoms with E-state index in [0.717, 1.165) is 36.5 Å². The minimum atomic E-state index is -1.12. The lowest BCUT2D eigenvalue weighted by atomic mass is 10.3. The van der Waals surface area contributed by atoms with Gasteiger partial charge in [-0.05, 0) is 31.9 Å². The molecule has 1 heterocycles. The zero-order valence-corrected chi connectivity index (χ0v) is 10.1. The number of carbonyl (C=O) groups excluding carboxylic acids is 1. The fraction of sp³-hybridized carbons (Fsp3) is 0.385. The summed E-state index contributed by atoms with van der Waals surface area (Å²) in [5.41, 5.74) is 0. The van der Waals surface area contributed by atoms with Crippen LogP contribution in [-0.4, -0.2) is 27.9 Å². The lowest BCUT2D eigenvalue weighted by Gasteiger charge is -2.19. The third kappa shape index (κ3) is 3.23. The molecule has 0 aromatic carbocycles. The summed E-state index contributed by atoms with van der Waals surface area (Å²) in [5, 5.41) is 8.52. The van der Waals surface area contributed by atoms with Crippen molar-refractivity contribution >= 4 is 11.9 Å². The van der Waals surface area contributed by atoms with Crippen LogP contribution < -0.4 is 0 Å². The van der Waals surface area contributed by atoms with E-state index in [4.69, 9.17) is 9.52 Å². The van der Waals surface area contributed by atoms with E-state index in [1.165, 1.54) is 0 Å². The van der Waals surface area contributed by atoms with Crippen molar-refractivity contribution in [2.75, 3.05) is 0 Å². The second-order valence-electron chi connectivity index (χ2n) is 4.38. The molecule has 0 atom stereocenters. The number of carbonyl (C=O) groups is 2. The van der Waals surface area contributed by atoms with Crippen molar-refractivity contribution in [1.29, 1.82) is 0 Å². The van der Waals surface area contributed by atoms with Gasteiger partial charge in [-0.2, -0.15) is 0 Å². The highest BCUT2D eigenvalue weighted by Gasteiger charge is 2.32. The lowest BCUT2D eigenvalue weighted by molar-refractivity contribution is -0.132. The number of amides is 1. The maximum Gasteiger partial charge on any atom is 0.328 e. The summed E-state index contributed by atoms with van der Waals surface area (Å²) in [4.78, 5) is 23.9. The van der Waals surface area contributed by atoms with Gasteiger partial charge in [0.05, 0.1) is 6.54 Å².